The molecule has 0 amide bonds. The summed E-state index contributed by atoms with van der Waals surface area (Å²) in [7, 11) is 0. The van der Waals surface area contributed by atoms with Crippen LogP contribution in [0, 0.1) is 5.82 Å². The van der Waals surface area contributed by atoms with Crippen molar-refractivity contribution in [2.24, 2.45) is 0 Å². The first kappa shape index (κ1) is 19.4. The van der Waals surface area contributed by atoms with E-state index in [0.717, 1.165) is 10.6 Å². The second-order valence-electron chi connectivity index (χ2n) is 7.06. The summed E-state index contributed by atoms with van der Waals surface area (Å²) in [5.41, 5.74) is 2.01. The summed E-state index contributed by atoms with van der Waals surface area (Å²) in [6, 6.07) is 21.7. The number of ether oxygens (including phenoxy) is 2. The monoisotopic (exact) mass is 384 g/mol. The van der Waals surface area contributed by atoms with E-state index in [1.54, 1.807) is 24.3 Å². The lowest BCUT2D eigenvalue weighted by atomic mass is 9.86. The van der Waals surface area contributed by atoms with Crippen LogP contribution >= 0.6 is 11.6 Å². The third-order valence-corrected chi connectivity index (χ3v) is 4.57. The molecule has 3 aromatic rings. The van der Waals surface area contributed by atoms with Crippen LogP contribution in [-0.4, -0.2) is 6.61 Å². The van der Waals surface area contributed by atoms with Gasteiger partial charge in [0, 0.05) is 10.4 Å². The predicted molar refractivity (Wildman–Crippen MR) is 107 cm³/mol. The van der Waals surface area contributed by atoms with Crippen LogP contribution < -0.4 is 4.74 Å². The number of hydrogen-bond donors (Lipinski definition) is 0. The van der Waals surface area contributed by atoms with E-state index in [9.17, 15) is 4.39 Å². The van der Waals surface area contributed by atoms with Gasteiger partial charge in [0.1, 0.15) is 5.75 Å². The van der Waals surface area contributed by atoms with Crippen LogP contribution in [-0.2, 0) is 16.8 Å². The van der Waals surface area contributed by atoms with Crippen LogP contribution in [0.5, 0.6) is 11.5 Å². The zero-order chi connectivity index (χ0) is 19.3. The molecule has 0 atom stereocenters. The Kier molecular flexibility index (Phi) is 6.15. The van der Waals surface area contributed by atoms with Crippen LogP contribution in [0.1, 0.15) is 25.0 Å². The van der Waals surface area contributed by atoms with Crippen LogP contribution in [0.2, 0.25) is 5.02 Å². The molecule has 0 radical (unpaired) electrons. The van der Waals surface area contributed by atoms with Crippen molar-refractivity contribution >= 4 is 11.6 Å². The second-order valence-corrected chi connectivity index (χ2v) is 7.50. The summed E-state index contributed by atoms with van der Waals surface area (Å²) in [5, 5.41) is 0.724. The lowest BCUT2D eigenvalue weighted by molar-refractivity contribution is 0.0824. The van der Waals surface area contributed by atoms with Crippen molar-refractivity contribution < 1.29 is 13.9 Å². The molecule has 4 heteroatoms. The Balaban J connectivity index is 1.60. The smallest absolute Gasteiger partial charge is 0.165 e. The Hall–Kier alpha value is -2.36. The zero-order valence-corrected chi connectivity index (χ0v) is 16.2. The molecule has 0 spiro atoms. The number of halogens is 2. The van der Waals surface area contributed by atoms with Crippen molar-refractivity contribution in [3.8, 4) is 11.5 Å². The van der Waals surface area contributed by atoms with Gasteiger partial charge in [-0.2, -0.15) is 0 Å². The van der Waals surface area contributed by atoms with Crippen molar-refractivity contribution in [1.82, 2.24) is 0 Å². The molecule has 0 saturated heterocycles. The molecule has 0 bridgehead atoms. The van der Waals surface area contributed by atoms with E-state index < -0.39 is 0 Å². The summed E-state index contributed by atoms with van der Waals surface area (Å²) in [5.74, 6) is 0.404. The Morgan fingerprint density at radius 1 is 0.926 bits per heavy atom. The summed E-state index contributed by atoms with van der Waals surface area (Å²) in [4.78, 5) is 0. The first-order valence-electron chi connectivity index (χ1n) is 8.79. The standard InChI is InChI=1S/C23H22ClFO2/c1-23(2,18-10-12-19(24)13-11-18)16-26-15-17-6-5-7-20(14-17)27-22-9-4-3-8-21(22)25/h3-14H,15-16H2,1-2H3. The maximum absolute atomic E-state index is 13.7. The van der Waals surface area contributed by atoms with Gasteiger partial charge in [-0.05, 0) is 47.5 Å². The van der Waals surface area contributed by atoms with Gasteiger partial charge in [-0.15, -0.1) is 0 Å². The number of para-hydroxylation sites is 1. The molecule has 0 fully saturated rings. The maximum Gasteiger partial charge on any atom is 0.165 e. The summed E-state index contributed by atoms with van der Waals surface area (Å²) in [6.45, 7) is 5.28. The molecule has 0 heterocycles. The van der Waals surface area contributed by atoms with E-state index >= 15 is 0 Å². The molecule has 27 heavy (non-hydrogen) atoms. The van der Waals surface area contributed by atoms with Gasteiger partial charge in [0.25, 0.3) is 0 Å². The van der Waals surface area contributed by atoms with Gasteiger partial charge in [0.05, 0.1) is 13.2 Å². The Morgan fingerprint density at radius 2 is 1.67 bits per heavy atom. The van der Waals surface area contributed by atoms with Gasteiger partial charge in [-0.1, -0.05) is 61.8 Å². The Labute approximate surface area is 164 Å². The number of hydrogen-bond acceptors (Lipinski definition) is 2. The first-order chi connectivity index (χ1) is 12.9. The molecule has 2 nitrogen and oxygen atoms in total. The van der Waals surface area contributed by atoms with Crippen molar-refractivity contribution in [2.75, 3.05) is 6.61 Å². The summed E-state index contributed by atoms with van der Waals surface area (Å²) < 4.78 is 25.3. The molecule has 0 saturated carbocycles. The molecule has 140 valence electrons. The molecule has 3 aromatic carbocycles. The summed E-state index contributed by atoms with van der Waals surface area (Å²) >= 11 is 5.96. The zero-order valence-electron chi connectivity index (χ0n) is 15.4. The lowest BCUT2D eigenvalue weighted by Gasteiger charge is -2.25. The highest BCUT2D eigenvalue weighted by molar-refractivity contribution is 6.30. The molecular formula is C23H22ClFO2. The highest BCUT2D eigenvalue weighted by Gasteiger charge is 2.20. The van der Waals surface area contributed by atoms with Crippen LogP contribution in [0.4, 0.5) is 4.39 Å². The third kappa shape index (κ3) is 5.31. The second kappa shape index (κ2) is 8.55. The van der Waals surface area contributed by atoms with Gasteiger partial charge in [0.2, 0.25) is 0 Å². The van der Waals surface area contributed by atoms with Crippen molar-refractivity contribution in [3.05, 3.63) is 94.8 Å². The lowest BCUT2D eigenvalue weighted by Crippen LogP contribution is -2.24. The Bertz CT molecular complexity index is 891. The minimum atomic E-state index is -0.385. The number of rotatable bonds is 7. The van der Waals surface area contributed by atoms with Crippen LogP contribution in [0.15, 0.2) is 72.8 Å². The van der Waals surface area contributed by atoms with Crippen molar-refractivity contribution in [1.29, 1.82) is 0 Å². The van der Waals surface area contributed by atoms with E-state index in [1.165, 1.54) is 11.6 Å². The average Bonchev–Trinajstić information content (AvgIpc) is 2.64. The van der Waals surface area contributed by atoms with E-state index in [-0.39, 0.29) is 17.0 Å². The fourth-order valence-corrected chi connectivity index (χ4v) is 2.89. The van der Waals surface area contributed by atoms with E-state index in [1.807, 2.05) is 42.5 Å². The van der Waals surface area contributed by atoms with Gasteiger partial charge in [-0.3, -0.25) is 0 Å². The highest BCUT2D eigenvalue weighted by Crippen LogP contribution is 2.27. The van der Waals surface area contributed by atoms with E-state index in [4.69, 9.17) is 21.1 Å². The predicted octanol–water partition coefficient (Wildman–Crippen LogP) is 6.77. The molecule has 0 aromatic heterocycles. The fraction of sp³-hybridized carbons (Fsp3) is 0.217. The minimum Gasteiger partial charge on any atom is -0.454 e. The van der Waals surface area contributed by atoms with Crippen LogP contribution in [0.25, 0.3) is 0 Å². The molecular weight excluding hydrogens is 363 g/mol. The SMILES string of the molecule is CC(C)(COCc1cccc(Oc2ccccc2F)c1)c1ccc(Cl)cc1. The first-order valence-corrected chi connectivity index (χ1v) is 9.17. The maximum atomic E-state index is 13.7. The van der Waals surface area contributed by atoms with E-state index in [0.29, 0.717) is 19.0 Å². The molecule has 0 unspecified atom stereocenters. The van der Waals surface area contributed by atoms with Gasteiger partial charge in [-0.25, -0.2) is 4.39 Å². The van der Waals surface area contributed by atoms with Crippen molar-refractivity contribution in [2.45, 2.75) is 25.9 Å². The van der Waals surface area contributed by atoms with E-state index in [2.05, 4.69) is 13.8 Å². The fourth-order valence-electron chi connectivity index (χ4n) is 2.76. The normalized spacial score (nSPS) is 11.4. The molecule has 0 aliphatic carbocycles. The average molecular weight is 385 g/mol. The number of benzene rings is 3. The largest absolute Gasteiger partial charge is 0.454 e. The summed E-state index contributed by atoms with van der Waals surface area (Å²) in [6.07, 6.45) is 0. The third-order valence-electron chi connectivity index (χ3n) is 4.32. The van der Waals surface area contributed by atoms with Crippen LogP contribution in [0.3, 0.4) is 0 Å². The molecule has 3 rings (SSSR count). The quantitative estimate of drug-likeness (QED) is 0.447. The van der Waals surface area contributed by atoms with Crippen molar-refractivity contribution in [3.63, 3.8) is 0 Å². The Morgan fingerprint density at radius 3 is 2.41 bits per heavy atom. The molecule has 0 aliphatic rings. The topological polar surface area (TPSA) is 18.5 Å². The highest BCUT2D eigenvalue weighted by atomic mass is 35.5. The minimum absolute atomic E-state index is 0.133. The van der Waals surface area contributed by atoms with Gasteiger partial charge < -0.3 is 9.47 Å². The van der Waals surface area contributed by atoms with Gasteiger partial charge >= 0.3 is 0 Å². The molecule has 0 aliphatic heterocycles. The van der Waals surface area contributed by atoms with Gasteiger partial charge in [0.15, 0.2) is 11.6 Å². The molecule has 0 N–H and O–H groups in total.